The molecule has 15 heavy (non-hydrogen) atoms. The Balaban J connectivity index is 4.69. The van der Waals surface area contributed by atoms with E-state index in [1.165, 1.54) is 0 Å². The molecule has 0 spiro atoms. The fourth-order valence-corrected chi connectivity index (χ4v) is 1.06. The van der Waals surface area contributed by atoms with Crippen LogP contribution in [0.1, 0.15) is 20.8 Å². The lowest BCUT2D eigenvalue weighted by atomic mass is 10.1. The van der Waals surface area contributed by atoms with Gasteiger partial charge in [0.15, 0.2) is 0 Å². The molecule has 0 fully saturated rings. The van der Waals surface area contributed by atoms with Crippen LogP contribution in [-0.4, -0.2) is 13.7 Å². The van der Waals surface area contributed by atoms with Crippen LogP contribution in [0.4, 0.5) is 0 Å². The van der Waals surface area contributed by atoms with Crippen LogP contribution in [0.15, 0.2) is 47.6 Å². The van der Waals surface area contributed by atoms with Gasteiger partial charge in [-0.2, -0.15) is 0 Å². The molecule has 0 aromatic heterocycles. The molecule has 1 N–H and O–H groups in total. The van der Waals surface area contributed by atoms with E-state index in [2.05, 4.69) is 18.1 Å². The maximum atomic E-state index is 5.13. The SMILES string of the molecule is C=C(C)C(/C=C\C)=C/C(=C\C)CONC. The first-order chi connectivity index (χ1) is 7.15. The Morgan fingerprint density at radius 1 is 1.40 bits per heavy atom. The number of hydrogen-bond acceptors (Lipinski definition) is 2. The van der Waals surface area contributed by atoms with E-state index in [4.69, 9.17) is 4.84 Å². The first-order valence-corrected chi connectivity index (χ1v) is 5.09. The third-order valence-electron chi connectivity index (χ3n) is 1.93. The summed E-state index contributed by atoms with van der Waals surface area (Å²) in [4.78, 5) is 5.13. The monoisotopic (exact) mass is 207 g/mol. The Morgan fingerprint density at radius 2 is 2.07 bits per heavy atom. The summed E-state index contributed by atoms with van der Waals surface area (Å²) in [6.07, 6.45) is 8.17. The van der Waals surface area contributed by atoms with E-state index in [-0.39, 0.29) is 0 Å². The minimum Gasteiger partial charge on any atom is -0.297 e. The topological polar surface area (TPSA) is 21.3 Å². The molecule has 2 nitrogen and oxygen atoms in total. The van der Waals surface area contributed by atoms with Crippen LogP contribution in [0, 0.1) is 0 Å². The molecule has 0 aromatic rings. The van der Waals surface area contributed by atoms with Crippen molar-refractivity contribution in [3.63, 3.8) is 0 Å². The second-order valence-electron chi connectivity index (χ2n) is 3.24. The van der Waals surface area contributed by atoms with Gasteiger partial charge < -0.3 is 0 Å². The molecule has 0 bridgehead atoms. The average molecular weight is 207 g/mol. The standard InChI is InChI=1S/C13H21NO/c1-6-8-13(11(3)4)9-12(7-2)10-15-14-5/h6-9,14H,3,10H2,1-2,4-5H3/b8-6-,12-7+,13-9+. The lowest BCUT2D eigenvalue weighted by Gasteiger charge is -2.05. The zero-order valence-electron chi connectivity index (χ0n) is 10.1. The molecule has 0 rings (SSSR count). The number of hydroxylamine groups is 1. The van der Waals surface area contributed by atoms with Crippen LogP contribution in [0.2, 0.25) is 0 Å². The third kappa shape index (κ3) is 6.05. The smallest absolute Gasteiger partial charge is 0.0929 e. The van der Waals surface area contributed by atoms with E-state index in [1.807, 2.05) is 39.0 Å². The first kappa shape index (κ1) is 13.9. The normalized spacial score (nSPS) is 13.6. The molecule has 0 radical (unpaired) electrons. The summed E-state index contributed by atoms with van der Waals surface area (Å²) >= 11 is 0. The van der Waals surface area contributed by atoms with Gasteiger partial charge in [0.1, 0.15) is 0 Å². The lowest BCUT2D eigenvalue weighted by molar-refractivity contribution is 0.0774. The van der Waals surface area contributed by atoms with Crippen molar-refractivity contribution >= 4 is 0 Å². The molecule has 0 aromatic carbocycles. The molecule has 0 aliphatic rings. The second-order valence-corrected chi connectivity index (χ2v) is 3.24. The lowest BCUT2D eigenvalue weighted by Crippen LogP contribution is -2.09. The van der Waals surface area contributed by atoms with Gasteiger partial charge in [0.25, 0.3) is 0 Å². The fourth-order valence-electron chi connectivity index (χ4n) is 1.06. The fraction of sp³-hybridized carbons (Fsp3) is 0.385. The molecule has 2 heteroatoms. The molecular formula is C13H21NO. The highest BCUT2D eigenvalue weighted by Gasteiger charge is 1.96. The Labute approximate surface area is 93.0 Å². The largest absolute Gasteiger partial charge is 0.297 e. The molecule has 0 aliphatic carbocycles. The Hall–Kier alpha value is -1.12. The number of nitrogens with one attached hydrogen (secondary N) is 1. The molecular weight excluding hydrogens is 186 g/mol. The van der Waals surface area contributed by atoms with Crippen molar-refractivity contribution in [2.75, 3.05) is 13.7 Å². The van der Waals surface area contributed by atoms with Gasteiger partial charge in [-0.15, -0.1) is 0 Å². The second kappa shape index (κ2) is 8.21. The van der Waals surface area contributed by atoms with Crippen molar-refractivity contribution < 1.29 is 4.84 Å². The van der Waals surface area contributed by atoms with Crippen LogP contribution < -0.4 is 5.48 Å². The van der Waals surface area contributed by atoms with Gasteiger partial charge in [0.2, 0.25) is 0 Å². The quantitative estimate of drug-likeness (QED) is 0.533. The van der Waals surface area contributed by atoms with Gasteiger partial charge in [-0.05, 0) is 38.0 Å². The summed E-state index contributed by atoms with van der Waals surface area (Å²) in [5, 5.41) is 0. The summed E-state index contributed by atoms with van der Waals surface area (Å²) in [6, 6.07) is 0. The van der Waals surface area contributed by atoms with Crippen LogP contribution in [0.3, 0.4) is 0 Å². The van der Waals surface area contributed by atoms with E-state index < -0.39 is 0 Å². The van der Waals surface area contributed by atoms with Crippen molar-refractivity contribution in [1.82, 2.24) is 5.48 Å². The van der Waals surface area contributed by atoms with E-state index in [9.17, 15) is 0 Å². The summed E-state index contributed by atoms with van der Waals surface area (Å²) < 4.78 is 0. The van der Waals surface area contributed by atoms with Crippen molar-refractivity contribution in [2.45, 2.75) is 20.8 Å². The highest BCUT2D eigenvalue weighted by atomic mass is 16.6. The Morgan fingerprint density at radius 3 is 2.47 bits per heavy atom. The summed E-state index contributed by atoms with van der Waals surface area (Å²) in [6.45, 7) is 10.5. The molecule has 0 aliphatic heterocycles. The van der Waals surface area contributed by atoms with Crippen LogP contribution in [-0.2, 0) is 4.84 Å². The highest BCUT2D eigenvalue weighted by Crippen LogP contribution is 2.12. The number of allylic oxidation sites excluding steroid dienone is 5. The van der Waals surface area contributed by atoms with Crippen LogP contribution >= 0.6 is 0 Å². The van der Waals surface area contributed by atoms with E-state index in [1.54, 1.807) is 7.05 Å². The average Bonchev–Trinajstić information content (AvgIpc) is 2.22. The third-order valence-corrected chi connectivity index (χ3v) is 1.93. The highest BCUT2D eigenvalue weighted by molar-refractivity contribution is 5.41. The van der Waals surface area contributed by atoms with Gasteiger partial charge in [-0.3, -0.25) is 4.84 Å². The maximum Gasteiger partial charge on any atom is 0.0929 e. The molecule has 0 amide bonds. The number of hydrogen-bond donors (Lipinski definition) is 1. The first-order valence-electron chi connectivity index (χ1n) is 5.09. The molecule has 0 heterocycles. The Bertz CT molecular complexity index is 285. The van der Waals surface area contributed by atoms with Gasteiger partial charge in [-0.1, -0.05) is 30.4 Å². The summed E-state index contributed by atoms with van der Waals surface area (Å²) in [5.74, 6) is 0. The van der Waals surface area contributed by atoms with E-state index >= 15 is 0 Å². The molecule has 0 saturated carbocycles. The molecule has 0 unspecified atom stereocenters. The molecule has 0 atom stereocenters. The number of rotatable bonds is 6. The van der Waals surface area contributed by atoms with Crippen molar-refractivity contribution in [1.29, 1.82) is 0 Å². The molecule has 0 saturated heterocycles. The zero-order valence-corrected chi connectivity index (χ0v) is 10.1. The van der Waals surface area contributed by atoms with Gasteiger partial charge in [-0.25, -0.2) is 5.48 Å². The zero-order chi connectivity index (χ0) is 11.7. The van der Waals surface area contributed by atoms with Gasteiger partial charge in [0.05, 0.1) is 6.61 Å². The maximum absolute atomic E-state index is 5.13. The van der Waals surface area contributed by atoms with Crippen molar-refractivity contribution in [3.8, 4) is 0 Å². The van der Waals surface area contributed by atoms with Crippen LogP contribution in [0.5, 0.6) is 0 Å². The summed E-state index contributed by atoms with van der Waals surface area (Å²) in [5.41, 5.74) is 5.96. The minimum absolute atomic E-state index is 0.557. The van der Waals surface area contributed by atoms with Gasteiger partial charge >= 0.3 is 0 Å². The van der Waals surface area contributed by atoms with E-state index in [0.29, 0.717) is 6.61 Å². The minimum atomic E-state index is 0.557. The predicted molar refractivity (Wildman–Crippen MR) is 66.5 cm³/mol. The van der Waals surface area contributed by atoms with Crippen molar-refractivity contribution in [2.24, 2.45) is 0 Å². The van der Waals surface area contributed by atoms with Gasteiger partial charge in [0, 0.05) is 7.05 Å². The van der Waals surface area contributed by atoms with E-state index in [0.717, 1.165) is 16.7 Å². The summed E-state index contributed by atoms with van der Waals surface area (Å²) in [7, 11) is 1.75. The van der Waals surface area contributed by atoms with Crippen molar-refractivity contribution in [3.05, 3.63) is 47.6 Å². The van der Waals surface area contributed by atoms with Crippen LogP contribution in [0.25, 0.3) is 0 Å². The Kier molecular flexibility index (Phi) is 7.60. The predicted octanol–water partition coefficient (Wildman–Crippen LogP) is 3.16. The molecule has 84 valence electrons.